The van der Waals surface area contributed by atoms with Crippen LogP contribution in [-0.2, 0) is 11.3 Å². The molecule has 5 nitrogen and oxygen atoms in total. The first-order chi connectivity index (χ1) is 14.4. The first kappa shape index (κ1) is 21.1. The molecule has 30 heavy (non-hydrogen) atoms. The van der Waals surface area contributed by atoms with E-state index >= 15 is 0 Å². The van der Waals surface area contributed by atoms with Gasteiger partial charge in [-0.1, -0.05) is 59.7 Å². The van der Waals surface area contributed by atoms with Crippen molar-refractivity contribution in [2.45, 2.75) is 27.3 Å². The smallest absolute Gasteiger partial charge is 0.253 e. The second-order valence-electron chi connectivity index (χ2n) is 7.43. The van der Waals surface area contributed by atoms with Gasteiger partial charge < -0.3 is 16.0 Å². The number of para-hydroxylation sites is 1. The number of carbonyl (C=O) groups is 2. The van der Waals surface area contributed by atoms with E-state index in [0.29, 0.717) is 17.8 Å². The van der Waals surface area contributed by atoms with Crippen molar-refractivity contribution in [3.05, 3.63) is 94.5 Å². The minimum Gasteiger partial charge on any atom is -0.376 e. The molecule has 0 atom stereocenters. The van der Waals surface area contributed by atoms with Crippen LogP contribution in [0.15, 0.2) is 66.7 Å². The van der Waals surface area contributed by atoms with E-state index < -0.39 is 0 Å². The van der Waals surface area contributed by atoms with Crippen LogP contribution in [0.25, 0.3) is 0 Å². The first-order valence-corrected chi connectivity index (χ1v) is 9.96. The van der Waals surface area contributed by atoms with E-state index in [2.05, 4.69) is 16.0 Å². The Morgan fingerprint density at radius 2 is 1.50 bits per heavy atom. The summed E-state index contributed by atoms with van der Waals surface area (Å²) in [4.78, 5) is 25.0. The highest BCUT2D eigenvalue weighted by Gasteiger charge is 2.12. The molecule has 0 aliphatic rings. The number of nitrogens with one attached hydrogen (secondary N) is 3. The fourth-order valence-electron chi connectivity index (χ4n) is 3.14. The highest BCUT2D eigenvalue weighted by atomic mass is 16.2. The zero-order valence-corrected chi connectivity index (χ0v) is 17.6. The van der Waals surface area contributed by atoms with Crippen LogP contribution in [0.2, 0.25) is 0 Å². The molecule has 154 valence electrons. The van der Waals surface area contributed by atoms with E-state index in [-0.39, 0.29) is 18.4 Å². The molecule has 0 aliphatic carbocycles. The van der Waals surface area contributed by atoms with Crippen LogP contribution >= 0.6 is 0 Å². The molecular weight excluding hydrogens is 374 g/mol. The number of rotatable bonds is 7. The summed E-state index contributed by atoms with van der Waals surface area (Å²) < 4.78 is 0. The SMILES string of the molecule is Cc1ccc(CNC(=O)c2ccccc2NCC(=O)Nc2ccc(C)cc2C)cc1. The Balaban J connectivity index is 1.59. The van der Waals surface area contributed by atoms with Crippen LogP contribution in [0.5, 0.6) is 0 Å². The number of aryl methyl sites for hydroxylation is 3. The van der Waals surface area contributed by atoms with Crippen LogP contribution in [0, 0.1) is 20.8 Å². The minimum atomic E-state index is -0.187. The third kappa shape index (κ3) is 5.70. The van der Waals surface area contributed by atoms with Gasteiger partial charge in [0.15, 0.2) is 0 Å². The molecule has 0 aliphatic heterocycles. The summed E-state index contributed by atoms with van der Waals surface area (Å²) in [6.45, 7) is 6.52. The summed E-state index contributed by atoms with van der Waals surface area (Å²) >= 11 is 0. The van der Waals surface area contributed by atoms with Gasteiger partial charge in [0.2, 0.25) is 5.91 Å². The van der Waals surface area contributed by atoms with Crippen molar-refractivity contribution in [1.82, 2.24) is 5.32 Å². The molecular formula is C25H27N3O2. The maximum Gasteiger partial charge on any atom is 0.253 e. The quantitative estimate of drug-likeness (QED) is 0.542. The van der Waals surface area contributed by atoms with Gasteiger partial charge in [0, 0.05) is 17.9 Å². The van der Waals surface area contributed by atoms with Gasteiger partial charge in [-0.05, 0) is 50.1 Å². The fraction of sp³-hybridized carbons (Fsp3) is 0.200. The van der Waals surface area contributed by atoms with E-state index in [1.54, 1.807) is 12.1 Å². The third-order valence-electron chi connectivity index (χ3n) is 4.84. The Morgan fingerprint density at radius 3 is 2.23 bits per heavy atom. The molecule has 3 N–H and O–H groups in total. The maximum atomic E-state index is 12.7. The topological polar surface area (TPSA) is 70.2 Å². The average molecular weight is 402 g/mol. The van der Waals surface area contributed by atoms with Gasteiger partial charge in [-0.25, -0.2) is 0 Å². The minimum absolute atomic E-state index is 0.0651. The summed E-state index contributed by atoms with van der Waals surface area (Å²) in [7, 11) is 0. The molecule has 0 saturated carbocycles. The predicted octanol–water partition coefficient (Wildman–Crippen LogP) is 4.59. The lowest BCUT2D eigenvalue weighted by Crippen LogP contribution is -2.26. The van der Waals surface area contributed by atoms with E-state index in [0.717, 1.165) is 22.4 Å². The predicted molar refractivity (Wildman–Crippen MR) is 122 cm³/mol. The van der Waals surface area contributed by atoms with Gasteiger partial charge in [0.05, 0.1) is 12.1 Å². The van der Waals surface area contributed by atoms with Gasteiger partial charge >= 0.3 is 0 Å². The Bertz CT molecular complexity index is 1040. The van der Waals surface area contributed by atoms with Crippen molar-refractivity contribution in [3.63, 3.8) is 0 Å². The van der Waals surface area contributed by atoms with E-state index in [9.17, 15) is 9.59 Å². The largest absolute Gasteiger partial charge is 0.376 e. The van der Waals surface area contributed by atoms with Gasteiger partial charge in [-0.15, -0.1) is 0 Å². The molecule has 0 aromatic heterocycles. The average Bonchev–Trinajstić information content (AvgIpc) is 2.74. The monoisotopic (exact) mass is 401 g/mol. The maximum absolute atomic E-state index is 12.7. The van der Waals surface area contributed by atoms with Crippen molar-refractivity contribution in [2.75, 3.05) is 17.2 Å². The highest BCUT2D eigenvalue weighted by molar-refractivity contribution is 6.01. The third-order valence-corrected chi connectivity index (χ3v) is 4.84. The lowest BCUT2D eigenvalue weighted by molar-refractivity contribution is -0.114. The lowest BCUT2D eigenvalue weighted by atomic mass is 10.1. The molecule has 5 heteroatoms. The summed E-state index contributed by atoms with van der Waals surface area (Å²) in [6, 6.07) is 21.1. The number of hydrogen-bond acceptors (Lipinski definition) is 3. The second-order valence-corrected chi connectivity index (χ2v) is 7.43. The summed E-state index contributed by atoms with van der Waals surface area (Å²) in [5, 5.41) is 8.92. The van der Waals surface area contributed by atoms with Crippen molar-refractivity contribution < 1.29 is 9.59 Å². The van der Waals surface area contributed by atoms with Crippen LogP contribution < -0.4 is 16.0 Å². The first-order valence-electron chi connectivity index (χ1n) is 9.96. The molecule has 0 heterocycles. The fourth-order valence-corrected chi connectivity index (χ4v) is 3.14. The van der Waals surface area contributed by atoms with E-state index in [4.69, 9.17) is 0 Å². The van der Waals surface area contributed by atoms with Gasteiger partial charge in [0.25, 0.3) is 5.91 Å². The zero-order chi connectivity index (χ0) is 21.5. The van der Waals surface area contributed by atoms with Crippen LogP contribution in [-0.4, -0.2) is 18.4 Å². The Labute approximate surface area is 177 Å². The summed E-state index contributed by atoms with van der Waals surface area (Å²) in [5.74, 6) is -0.356. The van der Waals surface area contributed by atoms with Crippen LogP contribution in [0.4, 0.5) is 11.4 Å². The normalized spacial score (nSPS) is 10.4. The Morgan fingerprint density at radius 1 is 0.800 bits per heavy atom. The number of benzene rings is 3. The standard InChI is InChI=1S/C25H27N3O2/c1-17-8-11-20(12-9-17)15-27-25(30)21-6-4-5-7-23(21)26-16-24(29)28-22-13-10-18(2)14-19(22)3/h4-14,26H,15-16H2,1-3H3,(H,27,30)(H,28,29). The van der Waals surface area contributed by atoms with Crippen molar-refractivity contribution >= 4 is 23.2 Å². The molecule has 0 saturated heterocycles. The number of carbonyl (C=O) groups excluding carboxylic acids is 2. The van der Waals surface area contributed by atoms with E-state index in [1.807, 2.05) is 75.4 Å². The van der Waals surface area contributed by atoms with Gasteiger partial charge in [-0.2, -0.15) is 0 Å². The second kappa shape index (κ2) is 9.74. The molecule has 0 fully saturated rings. The lowest BCUT2D eigenvalue weighted by Gasteiger charge is -2.13. The molecule has 3 aromatic carbocycles. The number of amides is 2. The number of anilines is 2. The summed E-state index contributed by atoms with van der Waals surface area (Å²) in [6.07, 6.45) is 0. The number of hydrogen-bond donors (Lipinski definition) is 3. The molecule has 0 radical (unpaired) electrons. The van der Waals surface area contributed by atoms with Crippen LogP contribution in [0.1, 0.15) is 32.6 Å². The zero-order valence-electron chi connectivity index (χ0n) is 17.6. The van der Waals surface area contributed by atoms with Gasteiger partial charge in [-0.3, -0.25) is 9.59 Å². The molecule has 0 bridgehead atoms. The molecule has 3 aromatic rings. The molecule has 3 rings (SSSR count). The van der Waals surface area contributed by atoms with Gasteiger partial charge in [0.1, 0.15) is 0 Å². The van der Waals surface area contributed by atoms with Crippen molar-refractivity contribution in [2.24, 2.45) is 0 Å². The molecule has 0 unspecified atom stereocenters. The highest BCUT2D eigenvalue weighted by Crippen LogP contribution is 2.17. The van der Waals surface area contributed by atoms with Crippen molar-refractivity contribution in [1.29, 1.82) is 0 Å². The molecule has 2 amide bonds. The molecule has 0 spiro atoms. The Hall–Kier alpha value is -3.60. The summed E-state index contributed by atoms with van der Waals surface area (Å²) in [5.41, 5.74) is 6.29. The Kier molecular flexibility index (Phi) is 6.86. The van der Waals surface area contributed by atoms with Crippen molar-refractivity contribution in [3.8, 4) is 0 Å². The van der Waals surface area contributed by atoms with E-state index in [1.165, 1.54) is 5.56 Å². The van der Waals surface area contributed by atoms with Crippen LogP contribution in [0.3, 0.4) is 0 Å².